The number of ketones is 1. The normalized spacial score (nSPS) is 58.8. The summed E-state index contributed by atoms with van der Waals surface area (Å²) in [6, 6.07) is 0. The summed E-state index contributed by atoms with van der Waals surface area (Å²) >= 11 is 0. The minimum absolute atomic E-state index is 0.00347. The largest absolute Gasteiger partial charge is 0.392 e. The van der Waals surface area contributed by atoms with E-state index in [1.54, 1.807) is 0 Å². The van der Waals surface area contributed by atoms with Gasteiger partial charge < -0.3 is 5.11 Å². The van der Waals surface area contributed by atoms with Crippen molar-refractivity contribution in [2.75, 3.05) is 0 Å². The Morgan fingerprint density at radius 3 is 2.92 bits per heavy atom. The number of hydrogen-bond acceptors (Lipinski definition) is 2. The van der Waals surface area contributed by atoms with E-state index < -0.39 is 0 Å². The molecule has 5 unspecified atom stereocenters. The van der Waals surface area contributed by atoms with Crippen LogP contribution in [0.3, 0.4) is 0 Å². The fraction of sp³-hybridized carbons (Fsp3) is 0.909. The van der Waals surface area contributed by atoms with Gasteiger partial charge in [-0.25, -0.2) is 0 Å². The topological polar surface area (TPSA) is 37.3 Å². The lowest BCUT2D eigenvalue weighted by Crippen LogP contribution is -2.59. The molecule has 4 bridgehead atoms. The van der Waals surface area contributed by atoms with Gasteiger partial charge in [-0.3, -0.25) is 4.79 Å². The van der Waals surface area contributed by atoms with Gasteiger partial charge in [-0.2, -0.15) is 0 Å². The molecule has 0 aliphatic heterocycles. The molecular weight excluding hydrogens is 164 g/mol. The highest BCUT2D eigenvalue weighted by Crippen LogP contribution is 2.58. The monoisotopic (exact) mass is 180 g/mol. The molecule has 4 fully saturated rings. The van der Waals surface area contributed by atoms with Gasteiger partial charge in [-0.15, -0.1) is 0 Å². The molecule has 4 rings (SSSR count). The highest BCUT2D eigenvalue weighted by molar-refractivity contribution is 5.86. The molecule has 4 aliphatic rings. The van der Waals surface area contributed by atoms with Gasteiger partial charge in [0.1, 0.15) is 5.78 Å². The lowest BCUT2D eigenvalue weighted by molar-refractivity contribution is -0.170. The smallest absolute Gasteiger partial charge is 0.141 e. The number of carbonyl (C=O) groups is 1. The molecule has 0 aromatic rings. The van der Waals surface area contributed by atoms with E-state index in [0.717, 1.165) is 31.6 Å². The molecule has 4 saturated carbocycles. The molecule has 1 N–H and O–H groups in total. The quantitative estimate of drug-likeness (QED) is 0.611. The first-order valence-corrected chi connectivity index (χ1v) is 5.32. The van der Waals surface area contributed by atoms with Crippen LogP contribution in [0.5, 0.6) is 0 Å². The highest BCUT2D eigenvalue weighted by atomic mass is 16.3. The molecular formula is C11H16O2. The fourth-order valence-corrected chi connectivity index (χ4v) is 4.06. The first-order valence-electron chi connectivity index (χ1n) is 5.32. The second kappa shape index (κ2) is 2.17. The third-order valence-electron chi connectivity index (χ3n) is 4.54. The summed E-state index contributed by atoms with van der Waals surface area (Å²) in [5.74, 6) is 1.39. The molecule has 13 heavy (non-hydrogen) atoms. The number of carbonyl (C=O) groups excluding carboxylic acids is 1. The van der Waals surface area contributed by atoms with Crippen LogP contribution in [-0.2, 0) is 4.79 Å². The Kier molecular flexibility index (Phi) is 1.33. The second-order valence-corrected chi connectivity index (χ2v) is 5.55. The Hall–Kier alpha value is -0.370. The lowest BCUT2D eigenvalue weighted by atomic mass is 9.48. The Labute approximate surface area is 78.3 Å². The minimum Gasteiger partial charge on any atom is -0.392 e. The van der Waals surface area contributed by atoms with E-state index in [1.165, 1.54) is 0 Å². The molecule has 2 nitrogen and oxygen atoms in total. The fourth-order valence-electron chi connectivity index (χ4n) is 4.06. The molecule has 0 spiro atoms. The predicted molar refractivity (Wildman–Crippen MR) is 48.1 cm³/mol. The van der Waals surface area contributed by atoms with Gasteiger partial charge in [0, 0.05) is 11.8 Å². The third kappa shape index (κ3) is 0.850. The summed E-state index contributed by atoms with van der Waals surface area (Å²) in [4.78, 5) is 11.8. The average molecular weight is 180 g/mol. The minimum atomic E-state index is -0.340. The van der Waals surface area contributed by atoms with E-state index in [9.17, 15) is 9.90 Å². The van der Waals surface area contributed by atoms with Crippen LogP contribution in [0.1, 0.15) is 32.6 Å². The van der Waals surface area contributed by atoms with Crippen molar-refractivity contribution >= 4 is 5.78 Å². The van der Waals surface area contributed by atoms with Gasteiger partial charge in [0.05, 0.1) is 6.10 Å². The van der Waals surface area contributed by atoms with Crippen LogP contribution in [0.4, 0.5) is 0 Å². The third-order valence-corrected chi connectivity index (χ3v) is 4.54. The van der Waals surface area contributed by atoms with Crippen LogP contribution in [0.15, 0.2) is 0 Å². The van der Waals surface area contributed by atoms with Crippen LogP contribution in [0, 0.1) is 23.2 Å². The van der Waals surface area contributed by atoms with Gasteiger partial charge >= 0.3 is 0 Å². The standard InChI is InChI=1S/C11H16O2/c1-11-4-6-2-7(5-11)9(12)8(3-6)10(11)13/h6-8,10,13H,2-5H2,1H3. The van der Waals surface area contributed by atoms with Crippen LogP contribution < -0.4 is 0 Å². The first kappa shape index (κ1) is 7.98. The van der Waals surface area contributed by atoms with Crippen molar-refractivity contribution in [3.8, 4) is 0 Å². The summed E-state index contributed by atoms with van der Waals surface area (Å²) < 4.78 is 0. The van der Waals surface area contributed by atoms with Crippen LogP contribution in [0.25, 0.3) is 0 Å². The van der Waals surface area contributed by atoms with Gasteiger partial charge in [0.25, 0.3) is 0 Å². The Morgan fingerprint density at radius 2 is 2.15 bits per heavy atom. The Morgan fingerprint density at radius 1 is 1.38 bits per heavy atom. The maximum atomic E-state index is 11.8. The van der Waals surface area contributed by atoms with E-state index in [0.29, 0.717) is 11.7 Å². The predicted octanol–water partition coefficient (Wildman–Crippen LogP) is 1.37. The number of hydrogen-bond donors (Lipinski definition) is 1. The average Bonchev–Trinajstić information content (AvgIpc) is 2.07. The van der Waals surface area contributed by atoms with E-state index in [1.807, 2.05) is 0 Å². The zero-order chi connectivity index (χ0) is 9.22. The molecule has 2 heteroatoms. The molecule has 72 valence electrons. The lowest BCUT2D eigenvalue weighted by Gasteiger charge is -2.57. The molecule has 0 heterocycles. The van der Waals surface area contributed by atoms with Gasteiger partial charge in [-0.1, -0.05) is 6.92 Å². The van der Waals surface area contributed by atoms with E-state index in [2.05, 4.69) is 6.92 Å². The van der Waals surface area contributed by atoms with Crippen molar-refractivity contribution in [1.82, 2.24) is 0 Å². The summed E-state index contributed by atoms with van der Waals surface area (Å²) in [6.07, 6.45) is 3.82. The molecule has 0 amide bonds. The van der Waals surface area contributed by atoms with E-state index >= 15 is 0 Å². The van der Waals surface area contributed by atoms with Crippen LogP contribution >= 0.6 is 0 Å². The Balaban J connectivity index is 2.03. The summed E-state index contributed by atoms with van der Waals surface area (Å²) in [5, 5.41) is 10.0. The SMILES string of the molecule is CC12CC3CC(C1)C(=O)C(C3)C2O. The molecule has 0 saturated heterocycles. The van der Waals surface area contributed by atoms with Crippen molar-refractivity contribution in [3.05, 3.63) is 0 Å². The number of aliphatic hydroxyl groups is 1. The van der Waals surface area contributed by atoms with Gasteiger partial charge in [0.2, 0.25) is 0 Å². The highest BCUT2D eigenvalue weighted by Gasteiger charge is 2.58. The van der Waals surface area contributed by atoms with Crippen molar-refractivity contribution in [3.63, 3.8) is 0 Å². The molecule has 0 aromatic heterocycles. The van der Waals surface area contributed by atoms with E-state index in [4.69, 9.17) is 0 Å². The summed E-state index contributed by atoms with van der Waals surface area (Å²) in [6.45, 7) is 2.16. The molecule has 0 radical (unpaired) electrons. The van der Waals surface area contributed by atoms with Crippen molar-refractivity contribution in [1.29, 1.82) is 0 Å². The number of aliphatic hydroxyl groups excluding tert-OH is 1. The zero-order valence-electron chi connectivity index (χ0n) is 7.99. The van der Waals surface area contributed by atoms with Crippen molar-refractivity contribution in [2.45, 2.75) is 38.7 Å². The van der Waals surface area contributed by atoms with Crippen molar-refractivity contribution in [2.24, 2.45) is 23.2 Å². The van der Waals surface area contributed by atoms with Crippen LogP contribution in [0.2, 0.25) is 0 Å². The molecule has 0 aromatic carbocycles. The van der Waals surface area contributed by atoms with Gasteiger partial charge in [0.15, 0.2) is 0 Å². The van der Waals surface area contributed by atoms with Crippen LogP contribution in [-0.4, -0.2) is 17.0 Å². The van der Waals surface area contributed by atoms with Gasteiger partial charge in [-0.05, 0) is 37.0 Å². The Bertz CT molecular complexity index is 273. The first-order chi connectivity index (χ1) is 6.10. The maximum Gasteiger partial charge on any atom is 0.141 e. The van der Waals surface area contributed by atoms with Crippen molar-refractivity contribution < 1.29 is 9.90 Å². The molecule has 4 aliphatic carbocycles. The van der Waals surface area contributed by atoms with E-state index in [-0.39, 0.29) is 17.4 Å². The summed E-state index contributed by atoms with van der Waals surface area (Å²) in [7, 11) is 0. The summed E-state index contributed by atoms with van der Waals surface area (Å²) in [5.41, 5.74) is 0.0738. The number of Topliss-reactive ketones (excluding diaryl/α,β-unsaturated/α-hetero) is 1. The molecule has 5 atom stereocenters. The zero-order valence-corrected chi connectivity index (χ0v) is 7.99. The maximum absolute atomic E-state index is 11.8. The second-order valence-electron chi connectivity index (χ2n) is 5.55. The number of rotatable bonds is 0.